The summed E-state index contributed by atoms with van der Waals surface area (Å²) < 4.78 is 23.8. The molecule has 0 atom stereocenters. The first-order valence-electron chi connectivity index (χ1n) is 7.61. The first-order chi connectivity index (χ1) is 12.6. The van der Waals surface area contributed by atoms with Crippen molar-refractivity contribution in [2.75, 3.05) is 14.2 Å². The number of nitrogens with two attached hydrogens (primary N) is 1. The molecule has 0 aliphatic carbocycles. The molecular formula is C17H19ClFN3O5. The molecule has 0 aliphatic heterocycles. The van der Waals surface area contributed by atoms with Crippen LogP contribution in [0.4, 0.5) is 4.39 Å². The van der Waals surface area contributed by atoms with Crippen LogP contribution in [0.15, 0.2) is 18.2 Å². The molecule has 0 fully saturated rings. The number of halogens is 2. The van der Waals surface area contributed by atoms with E-state index in [1.54, 1.807) is 0 Å². The van der Waals surface area contributed by atoms with Gasteiger partial charge in [-0.2, -0.15) is 9.97 Å². The van der Waals surface area contributed by atoms with Crippen molar-refractivity contribution in [2.24, 2.45) is 5.73 Å². The molecule has 10 heteroatoms. The summed E-state index contributed by atoms with van der Waals surface area (Å²) in [6, 6.07) is 3.58. The molecule has 0 saturated carbocycles. The maximum absolute atomic E-state index is 14.0. The van der Waals surface area contributed by atoms with E-state index in [0.29, 0.717) is 6.04 Å². The third-order valence-corrected chi connectivity index (χ3v) is 3.16. The Labute approximate surface area is 160 Å². The van der Waals surface area contributed by atoms with Gasteiger partial charge in [-0.3, -0.25) is 4.79 Å². The van der Waals surface area contributed by atoms with Crippen molar-refractivity contribution in [3.63, 3.8) is 0 Å². The van der Waals surface area contributed by atoms with Crippen LogP contribution in [0.3, 0.4) is 0 Å². The second kappa shape index (κ2) is 9.79. The van der Waals surface area contributed by atoms with Crippen LogP contribution in [0.1, 0.15) is 40.4 Å². The molecule has 2 rings (SSSR count). The minimum absolute atomic E-state index is 0.000453. The Bertz CT molecular complexity index is 821. The van der Waals surface area contributed by atoms with Gasteiger partial charge in [-0.1, -0.05) is 25.4 Å². The van der Waals surface area contributed by atoms with Gasteiger partial charge in [0.05, 0.1) is 36.4 Å². The van der Waals surface area contributed by atoms with E-state index in [4.69, 9.17) is 26.8 Å². The van der Waals surface area contributed by atoms with Gasteiger partial charge in [0.15, 0.2) is 0 Å². The number of carboxylic acids is 1. The lowest BCUT2D eigenvalue weighted by molar-refractivity contribution is 0.0692. The molecule has 0 saturated heterocycles. The second-order valence-electron chi connectivity index (χ2n) is 5.43. The number of hydrogen-bond acceptors (Lipinski definition) is 7. The minimum Gasteiger partial charge on any atom is -0.481 e. The van der Waals surface area contributed by atoms with Crippen molar-refractivity contribution in [3.05, 3.63) is 46.0 Å². The fourth-order valence-electron chi connectivity index (χ4n) is 1.81. The Kier molecular flexibility index (Phi) is 8.07. The quantitative estimate of drug-likeness (QED) is 0.735. The van der Waals surface area contributed by atoms with Crippen LogP contribution >= 0.6 is 11.6 Å². The summed E-state index contributed by atoms with van der Waals surface area (Å²) >= 11 is 5.76. The third kappa shape index (κ3) is 5.87. The molecule has 1 aromatic heterocycles. The van der Waals surface area contributed by atoms with Crippen molar-refractivity contribution in [2.45, 2.75) is 19.9 Å². The predicted octanol–water partition coefficient (Wildman–Crippen LogP) is 2.57. The summed E-state index contributed by atoms with van der Waals surface area (Å²) in [5, 5.41) is 8.89. The first-order valence-corrected chi connectivity index (χ1v) is 7.98. The molecule has 27 heavy (non-hydrogen) atoms. The molecule has 3 N–H and O–H groups in total. The van der Waals surface area contributed by atoms with Crippen LogP contribution in [-0.4, -0.2) is 47.1 Å². The lowest BCUT2D eigenvalue weighted by Gasteiger charge is -2.09. The molecule has 1 heterocycles. The van der Waals surface area contributed by atoms with Gasteiger partial charge in [0.2, 0.25) is 23.4 Å². The number of carboxylic acid groups (broad SMARTS) is 1. The van der Waals surface area contributed by atoms with Crippen molar-refractivity contribution >= 4 is 23.4 Å². The van der Waals surface area contributed by atoms with Crippen LogP contribution < -0.4 is 15.2 Å². The van der Waals surface area contributed by atoms with Gasteiger partial charge in [-0.15, -0.1) is 0 Å². The molecule has 0 spiro atoms. The molecule has 0 radical (unpaired) electrons. The number of ether oxygens (including phenoxy) is 2. The number of benzene rings is 1. The average molecular weight is 400 g/mol. The first kappa shape index (κ1) is 22.3. The summed E-state index contributed by atoms with van der Waals surface area (Å²) in [4.78, 5) is 31.3. The Morgan fingerprint density at radius 3 is 2.04 bits per heavy atom. The maximum Gasteiger partial charge on any atom is 0.338 e. The highest BCUT2D eigenvalue weighted by Gasteiger charge is 2.27. The van der Waals surface area contributed by atoms with E-state index in [9.17, 15) is 19.1 Å². The molecule has 2 aromatic rings. The molecule has 8 nitrogen and oxygen atoms in total. The van der Waals surface area contributed by atoms with Crippen LogP contribution in [0.5, 0.6) is 11.8 Å². The highest BCUT2D eigenvalue weighted by Crippen LogP contribution is 2.26. The van der Waals surface area contributed by atoms with Crippen LogP contribution in [-0.2, 0) is 0 Å². The Morgan fingerprint density at radius 1 is 1.15 bits per heavy atom. The monoisotopic (exact) mass is 399 g/mol. The standard InChI is InChI=1S/C14H10ClFN2O5.C3H9N/c1-22-8-5-9(23-2)18-13(17-8)12(19)11-7(16)4-3-6(15)10(11)14(20)21;1-3(2)4/h3-5H,1-2H3,(H,20,21);3H,4H2,1-2H3. The van der Waals surface area contributed by atoms with Crippen LogP contribution in [0.25, 0.3) is 0 Å². The fraction of sp³-hybridized carbons (Fsp3) is 0.294. The van der Waals surface area contributed by atoms with Gasteiger partial charge in [-0.05, 0) is 18.2 Å². The number of aromatic carboxylic acids is 1. The van der Waals surface area contributed by atoms with Gasteiger partial charge in [0.1, 0.15) is 5.82 Å². The van der Waals surface area contributed by atoms with Gasteiger partial charge in [0.25, 0.3) is 0 Å². The average Bonchev–Trinajstić information content (AvgIpc) is 2.61. The molecule has 0 unspecified atom stereocenters. The van der Waals surface area contributed by atoms with Gasteiger partial charge in [-0.25, -0.2) is 9.18 Å². The van der Waals surface area contributed by atoms with Gasteiger partial charge in [0, 0.05) is 0 Å². The summed E-state index contributed by atoms with van der Waals surface area (Å²) in [6.45, 7) is 3.89. The number of carbonyl (C=O) groups is 2. The number of carbonyl (C=O) groups excluding carboxylic acids is 1. The maximum atomic E-state index is 14.0. The molecule has 0 aliphatic rings. The number of rotatable bonds is 5. The summed E-state index contributed by atoms with van der Waals surface area (Å²) in [6.07, 6.45) is 0. The smallest absolute Gasteiger partial charge is 0.338 e. The largest absolute Gasteiger partial charge is 0.481 e. The Hall–Kier alpha value is -2.78. The number of ketones is 1. The minimum atomic E-state index is -1.55. The number of hydrogen-bond donors (Lipinski definition) is 2. The molecule has 1 aromatic carbocycles. The highest BCUT2D eigenvalue weighted by atomic mass is 35.5. The molecule has 146 valence electrons. The van der Waals surface area contributed by atoms with E-state index in [1.807, 2.05) is 13.8 Å². The van der Waals surface area contributed by atoms with E-state index in [0.717, 1.165) is 12.1 Å². The molecular weight excluding hydrogens is 381 g/mol. The zero-order valence-corrected chi connectivity index (χ0v) is 15.9. The van der Waals surface area contributed by atoms with E-state index >= 15 is 0 Å². The normalized spacial score (nSPS) is 10.1. The lowest BCUT2D eigenvalue weighted by atomic mass is 10.0. The topological polar surface area (TPSA) is 125 Å². The summed E-state index contributed by atoms with van der Waals surface area (Å²) in [7, 11) is 2.61. The zero-order valence-electron chi connectivity index (χ0n) is 15.1. The van der Waals surface area contributed by atoms with E-state index in [1.165, 1.54) is 20.3 Å². The lowest BCUT2D eigenvalue weighted by Crippen LogP contribution is -2.16. The highest BCUT2D eigenvalue weighted by molar-refractivity contribution is 6.34. The van der Waals surface area contributed by atoms with Crippen molar-refractivity contribution in [1.82, 2.24) is 9.97 Å². The molecule has 0 bridgehead atoms. The van der Waals surface area contributed by atoms with Crippen molar-refractivity contribution in [1.29, 1.82) is 0 Å². The number of nitrogens with zero attached hydrogens (tertiary/aromatic N) is 2. The van der Waals surface area contributed by atoms with Crippen LogP contribution in [0.2, 0.25) is 5.02 Å². The van der Waals surface area contributed by atoms with Gasteiger partial charge < -0.3 is 20.3 Å². The molecule has 0 amide bonds. The van der Waals surface area contributed by atoms with Crippen molar-refractivity contribution in [3.8, 4) is 11.8 Å². The second-order valence-corrected chi connectivity index (χ2v) is 5.84. The number of methoxy groups -OCH3 is 2. The van der Waals surface area contributed by atoms with E-state index < -0.39 is 34.5 Å². The Balaban J connectivity index is 0.000000828. The van der Waals surface area contributed by atoms with Crippen molar-refractivity contribution < 1.29 is 28.6 Å². The summed E-state index contributed by atoms with van der Waals surface area (Å²) in [5.74, 6) is -4.14. The zero-order chi connectivity index (χ0) is 20.7. The predicted molar refractivity (Wildman–Crippen MR) is 96.3 cm³/mol. The van der Waals surface area contributed by atoms with E-state index in [2.05, 4.69) is 9.97 Å². The van der Waals surface area contributed by atoms with Gasteiger partial charge >= 0.3 is 5.97 Å². The number of aromatic nitrogens is 2. The van der Waals surface area contributed by atoms with E-state index in [-0.39, 0.29) is 16.8 Å². The SMILES string of the molecule is CC(C)N.COc1cc(OC)nc(C(=O)c2c(F)ccc(Cl)c2C(=O)O)n1. The Morgan fingerprint density at radius 2 is 1.63 bits per heavy atom. The third-order valence-electron chi connectivity index (χ3n) is 2.85. The fourth-order valence-corrected chi connectivity index (χ4v) is 2.05. The van der Waals surface area contributed by atoms with Crippen LogP contribution in [0, 0.1) is 5.82 Å². The summed E-state index contributed by atoms with van der Waals surface area (Å²) in [5.41, 5.74) is 3.71.